The van der Waals surface area contributed by atoms with Gasteiger partial charge in [-0.05, 0) is 80.1 Å². The molecule has 0 N–H and O–H groups in total. The molecule has 2 saturated heterocycles. The third kappa shape index (κ3) is 4.01. The number of aryl methyl sites for hydroxylation is 2. The third-order valence-corrected chi connectivity index (χ3v) is 6.99. The largest absolute Gasteiger partial charge is 0.372 e. The fourth-order valence-corrected chi connectivity index (χ4v) is 4.62. The van der Waals surface area contributed by atoms with Crippen LogP contribution in [0.25, 0.3) is 11.4 Å². The van der Waals surface area contributed by atoms with E-state index >= 15 is 0 Å². The van der Waals surface area contributed by atoms with Gasteiger partial charge >= 0.3 is 0 Å². The molecule has 2 aromatic carbocycles. The molecular formula is C26H30N4O2. The average Bonchev–Trinajstić information content (AvgIpc) is 3.43. The van der Waals surface area contributed by atoms with Crippen LogP contribution in [0.4, 0.5) is 11.4 Å². The number of hydrogen-bond donors (Lipinski definition) is 0. The first-order valence-corrected chi connectivity index (χ1v) is 11.5. The number of benzene rings is 2. The van der Waals surface area contributed by atoms with Crippen molar-refractivity contribution in [3.63, 3.8) is 0 Å². The molecule has 5 rings (SSSR count). The highest BCUT2D eigenvalue weighted by atomic mass is 16.5. The number of rotatable bonds is 4. The van der Waals surface area contributed by atoms with E-state index in [4.69, 9.17) is 4.52 Å². The summed E-state index contributed by atoms with van der Waals surface area (Å²) in [6, 6.07) is 14.5. The predicted octanol–water partition coefficient (Wildman–Crippen LogP) is 5.11. The molecule has 1 aromatic heterocycles. The Hall–Kier alpha value is -3.15. The second-order valence-corrected chi connectivity index (χ2v) is 9.35. The van der Waals surface area contributed by atoms with Gasteiger partial charge in [0.2, 0.25) is 17.6 Å². The van der Waals surface area contributed by atoms with Crippen molar-refractivity contribution in [1.29, 1.82) is 0 Å². The topological polar surface area (TPSA) is 62.5 Å². The van der Waals surface area contributed by atoms with E-state index < -0.39 is 0 Å². The Morgan fingerprint density at radius 2 is 1.69 bits per heavy atom. The van der Waals surface area contributed by atoms with Crippen molar-refractivity contribution in [2.75, 3.05) is 29.4 Å². The van der Waals surface area contributed by atoms with Gasteiger partial charge in [-0.25, -0.2) is 0 Å². The van der Waals surface area contributed by atoms with Gasteiger partial charge in [0.15, 0.2) is 0 Å². The van der Waals surface area contributed by atoms with E-state index in [0.717, 1.165) is 30.3 Å². The minimum atomic E-state index is -0.0834. The number of hydrogen-bond acceptors (Lipinski definition) is 5. The molecule has 3 aromatic rings. The highest BCUT2D eigenvalue weighted by Gasteiger charge is 2.35. The van der Waals surface area contributed by atoms with Crippen LogP contribution in [-0.2, 0) is 4.79 Å². The second-order valence-electron chi connectivity index (χ2n) is 9.35. The third-order valence-electron chi connectivity index (χ3n) is 6.99. The van der Waals surface area contributed by atoms with Crippen molar-refractivity contribution in [2.45, 2.75) is 46.0 Å². The summed E-state index contributed by atoms with van der Waals surface area (Å²) < 4.78 is 5.59. The molecule has 1 atom stereocenters. The lowest BCUT2D eigenvalue weighted by Gasteiger charge is -2.32. The molecule has 0 spiro atoms. The van der Waals surface area contributed by atoms with Gasteiger partial charge in [-0.3, -0.25) is 4.79 Å². The maximum absolute atomic E-state index is 12.7. The fourth-order valence-electron chi connectivity index (χ4n) is 4.62. The Bertz CT molecular complexity index is 1110. The zero-order chi connectivity index (χ0) is 22.2. The number of piperidine rings is 1. The predicted molar refractivity (Wildman–Crippen MR) is 126 cm³/mol. The molecular weight excluding hydrogens is 400 g/mol. The fraction of sp³-hybridized carbons (Fsp3) is 0.423. The first kappa shape index (κ1) is 20.7. The number of nitrogens with zero attached hydrogens (tertiary/aromatic N) is 4. The summed E-state index contributed by atoms with van der Waals surface area (Å²) in [5, 5.41) is 4.20. The minimum absolute atomic E-state index is 0.0834. The van der Waals surface area contributed by atoms with Gasteiger partial charge in [0.25, 0.3) is 0 Å². The Morgan fingerprint density at radius 3 is 2.41 bits per heavy atom. The molecule has 6 nitrogen and oxygen atoms in total. The Balaban J connectivity index is 1.28. The van der Waals surface area contributed by atoms with E-state index in [1.807, 2.05) is 11.0 Å². The Morgan fingerprint density at radius 1 is 0.969 bits per heavy atom. The van der Waals surface area contributed by atoms with Gasteiger partial charge in [-0.1, -0.05) is 18.1 Å². The maximum Gasteiger partial charge on any atom is 0.232 e. The van der Waals surface area contributed by atoms with Crippen LogP contribution in [0.2, 0.25) is 0 Å². The highest BCUT2D eigenvalue weighted by Crippen LogP contribution is 2.33. The zero-order valence-electron chi connectivity index (χ0n) is 19.0. The number of carbonyl (C=O) groups excluding carboxylic acids is 1. The summed E-state index contributed by atoms with van der Waals surface area (Å²) in [6.07, 6.45) is 2.88. The molecule has 3 heterocycles. The van der Waals surface area contributed by atoms with Gasteiger partial charge < -0.3 is 14.3 Å². The Labute approximate surface area is 189 Å². The first-order valence-electron chi connectivity index (χ1n) is 11.5. The number of aromatic nitrogens is 2. The van der Waals surface area contributed by atoms with Crippen LogP contribution in [0.5, 0.6) is 0 Å². The monoisotopic (exact) mass is 430 g/mol. The summed E-state index contributed by atoms with van der Waals surface area (Å²) in [6.45, 7) is 9.26. The molecule has 6 heteroatoms. The standard InChI is InChI=1S/C26H30N4O2/c1-17-10-12-29(13-11-17)22-8-5-20(6-9-22)25-27-26(32-28-25)21-15-24(31)30(16-21)23-7-4-18(2)19(3)14-23/h4-9,14,17,21H,10-13,15-16H2,1-3H3/t21-/m0/s1. The Kier molecular flexibility index (Phi) is 5.45. The van der Waals surface area contributed by atoms with Crippen LogP contribution in [-0.4, -0.2) is 35.7 Å². The van der Waals surface area contributed by atoms with Crippen LogP contribution in [0, 0.1) is 19.8 Å². The summed E-state index contributed by atoms with van der Waals surface area (Å²) in [7, 11) is 0. The van der Waals surface area contributed by atoms with Crippen molar-refractivity contribution in [3.8, 4) is 11.4 Å². The van der Waals surface area contributed by atoms with Gasteiger partial charge in [0, 0.05) is 43.0 Å². The van der Waals surface area contributed by atoms with Crippen molar-refractivity contribution in [2.24, 2.45) is 5.92 Å². The van der Waals surface area contributed by atoms with E-state index in [1.165, 1.54) is 29.7 Å². The van der Waals surface area contributed by atoms with E-state index in [2.05, 4.69) is 72.2 Å². The van der Waals surface area contributed by atoms with Crippen LogP contribution in [0.3, 0.4) is 0 Å². The molecule has 1 amide bonds. The van der Waals surface area contributed by atoms with Gasteiger partial charge in [0.1, 0.15) is 0 Å². The lowest BCUT2D eigenvalue weighted by Crippen LogP contribution is -2.32. The van der Waals surface area contributed by atoms with Crippen LogP contribution >= 0.6 is 0 Å². The lowest BCUT2D eigenvalue weighted by molar-refractivity contribution is -0.117. The molecule has 2 aliphatic rings. The normalized spacial score (nSPS) is 19.7. The van der Waals surface area contributed by atoms with E-state index in [0.29, 0.717) is 24.7 Å². The van der Waals surface area contributed by atoms with Gasteiger partial charge in [-0.2, -0.15) is 4.98 Å². The SMILES string of the molecule is Cc1ccc(N2C[C@@H](c3nc(-c4ccc(N5CCC(C)CC5)cc4)no3)CC2=O)cc1C. The maximum atomic E-state index is 12.7. The molecule has 166 valence electrons. The number of amides is 1. The molecule has 0 aliphatic carbocycles. The molecule has 32 heavy (non-hydrogen) atoms. The summed E-state index contributed by atoms with van der Waals surface area (Å²) in [5.41, 5.74) is 5.52. The summed E-state index contributed by atoms with van der Waals surface area (Å²) >= 11 is 0. The zero-order valence-corrected chi connectivity index (χ0v) is 19.0. The van der Waals surface area contributed by atoms with Crippen LogP contribution in [0.1, 0.15) is 49.1 Å². The lowest BCUT2D eigenvalue weighted by atomic mass is 9.98. The molecule has 0 unspecified atom stereocenters. The van der Waals surface area contributed by atoms with Crippen LogP contribution in [0.15, 0.2) is 47.0 Å². The number of anilines is 2. The van der Waals surface area contributed by atoms with Crippen molar-refractivity contribution in [1.82, 2.24) is 10.1 Å². The molecule has 2 aliphatic heterocycles. The van der Waals surface area contributed by atoms with Crippen molar-refractivity contribution in [3.05, 3.63) is 59.5 Å². The van der Waals surface area contributed by atoms with E-state index in [9.17, 15) is 4.79 Å². The summed E-state index contributed by atoms with van der Waals surface area (Å²) in [4.78, 5) is 21.6. The number of carbonyl (C=O) groups is 1. The van der Waals surface area contributed by atoms with E-state index in [-0.39, 0.29) is 11.8 Å². The average molecular weight is 431 g/mol. The molecule has 0 bridgehead atoms. The van der Waals surface area contributed by atoms with Crippen molar-refractivity contribution >= 4 is 17.3 Å². The smallest absolute Gasteiger partial charge is 0.232 e. The van der Waals surface area contributed by atoms with Crippen molar-refractivity contribution < 1.29 is 9.32 Å². The highest BCUT2D eigenvalue weighted by molar-refractivity contribution is 5.96. The first-order chi connectivity index (χ1) is 15.5. The second kappa shape index (κ2) is 8.41. The molecule has 2 fully saturated rings. The van der Waals surface area contributed by atoms with E-state index in [1.54, 1.807) is 0 Å². The minimum Gasteiger partial charge on any atom is -0.372 e. The molecule has 0 saturated carbocycles. The summed E-state index contributed by atoms with van der Waals surface area (Å²) in [5.74, 6) is 1.94. The molecule has 0 radical (unpaired) electrons. The van der Waals surface area contributed by atoms with Gasteiger partial charge in [0.05, 0.1) is 5.92 Å². The van der Waals surface area contributed by atoms with Crippen LogP contribution < -0.4 is 9.80 Å². The quantitative estimate of drug-likeness (QED) is 0.576. The van der Waals surface area contributed by atoms with Gasteiger partial charge in [-0.15, -0.1) is 0 Å².